The molecule has 6 heteroatoms. The summed E-state index contributed by atoms with van der Waals surface area (Å²) < 4.78 is 9.17. The third kappa shape index (κ3) is 5.85. The van der Waals surface area contributed by atoms with Crippen molar-refractivity contribution in [3.63, 3.8) is 0 Å². The first kappa shape index (κ1) is 14.5. The molecule has 0 aromatic carbocycles. The van der Waals surface area contributed by atoms with Crippen LogP contribution in [-0.2, 0) is 19.1 Å². The summed E-state index contributed by atoms with van der Waals surface area (Å²) in [5, 5.41) is -1.41. The summed E-state index contributed by atoms with van der Waals surface area (Å²) in [7, 11) is 0. The first-order valence-electron chi connectivity index (χ1n) is 4.64. The van der Waals surface area contributed by atoms with E-state index in [4.69, 9.17) is 23.2 Å². The number of hydrogen-bond acceptors (Lipinski definition) is 4. The van der Waals surface area contributed by atoms with Gasteiger partial charge < -0.3 is 9.47 Å². The molecule has 2 atom stereocenters. The Morgan fingerprint density at radius 2 is 1.33 bits per heavy atom. The van der Waals surface area contributed by atoms with E-state index >= 15 is 0 Å². The Morgan fingerprint density at radius 1 is 1.00 bits per heavy atom. The second kappa shape index (κ2) is 7.77. The number of carbonyl (C=O) groups is 2. The fourth-order valence-corrected chi connectivity index (χ4v) is 0.786. The second-order valence-electron chi connectivity index (χ2n) is 2.80. The molecule has 0 aliphatic carbocycles. The van der Waals surface area contributed by atoms with E-state index < -0.39 is 29.5 Å². The molecule has 0 aromatic heterocycles. The lowest BCUT2D eigenvalue weighted by molar-refractivity contribution is -0.166. The smallest absolute Gasteiger partial charge is 0.326 e. The average Bonchev–Trinajstić information content (AvgIpc) is 2.26. The Labute approximate surface area is 98.8 Å². The van der Waals surface area contributed by atoms with Crippen molar-refractivity contribution >= 4 is 35.1 Å². The number of halogens is 2. The van der Waals surface area contributed by atoms with Crippen molar-refractivity contribution in [1.82, 2.24) is 0 Å². The number of ether oxygens (including phenoxy) is 2. The van der Waals surface area contributed by atoms with E-state index in [1.54, 1.807) is 13.8 Å². The summed E-state index contributed by atoms with van der Waals surface area (Å²) in [5.41, 5.74) is 0. The highest BCUT2D eigenvalue weighted by Crippen LogP contribution is 2.05. The van der Waals surface area contributed by atoms with Gasteiger partial charge in [-0.2, -0.15) is 0 Å². The molecule has 0 aliphatic heterocycles. The van der Waals surface area contributed by atoms with Crippen LogP contribution < -0.4 is 0 Å². The van der Waals surface area contributed by atoms with Crippen molar-refractivity contribution in [2.45, 2.75) is 37.4 Å². The van der Waals surface area contributed by atoms with Crippen LogP contribution >= 0.6 is 23.2 Å². The molecule has 2 unspecified atom stereocenters. The zero-order chi connectivity index (χ0) is 11.8. The predicted octanol–water partition coefficient (Wildman–Crippen LogP) is 2.07. The molecule has 0 bridgehead atoms. The Morgan fingerprint density at radius 3 is 1.60 bits per heavy atom. The summed E-state index contributed by atoms with van der Waals surface area (Å²) in [4.78, 5) is 22.0. The zero-order valence-electron chi connectivity index (χ0n) is 8.66. The van der Waals surface area contributed by atoms with Crippen molar-refractivity contribution in [2.24, 2.45) is 0 Å². The number of rotatable bonds is 6. The van der Waals surface area contributed by atoms with Crippen LogP contribution in [0.3, 0.4) is 0 Å². The Hall–Kier alpha value is -0.480. The highest BCUT2D eigenvalue weighted by Gasteiger charge is 2.17. The fraction of sp³-hybridized carbons (Fsp3) is 0.778. The Bertz CT molecular complexity index is 198. The van der Waals surface area contributed by atoms with E-state index in [2.05, 4.69) is 9.47 Å². The third-order valence-electron chi connectivity index (χ3n) is 1.63. The second-order valence-corrected chi connectivity index (χ2v) is 3.85. The van der Waals surface area contributed by atoms with E-state index in [0.717, 1.165) is 0 Å². The van der Waals surface area contributed by atoms with Crippen LogP contribution in [-0.4, -0.2) is 29.5 Å². The van der Waals surface area contributed by atoms with Gasteiger partial charge in [0.1, 0.15) is 10.8 Å². The molecular weight excluding hydrogens is 243 g/mol. The summed E-state index contributed by atoms with van der Waals surface area (Å²) in [6.07, 6.45) is 0.919. The molecule has 0 heterocycles. The molecule has 0 rings (SSSR count). The van der Waals surface area contributed by atoms with Crippen LogP contribution in [0.5, 0.6) is 0 Å². The van der Waals surface area contributed by atoms with Crippen LogP contribution in [0.2, 0.25) is 0 Å². The molecule has 4 nitrogen and oxygen atoms in total. The van der Waals surface area contributed by atoms with Crippen LogP contribution in [0.1, 0.15) is 26.7 Å². The van der Waals surface area contributed by atoms with Crippen molar-refractivity contribution in [2.75, 3.05) is 6.79 Å². The van der Waals surface area contributed by atoms with E-state index in [9.17, 15) is 9.59 Å². The van der Waals surface area contributed by atoms with E-state index in [1.165, 1.54) is 0 Å². The molecule has 0 N–H and O–H groups in total. The van der Waals surface area contributed by atoms with Crippen LogP contribution in [0.4, 0.5) is 0 Å². The molecule has 0 aromatic rings. The third-order valence-corrected chi connectivity index (χ3v) is 2.60. The molecule has 0 spiro atoms. The van der Waals surface area contributed by atoms with Crippen molar-refractivity contribution in [3.05, 3.63) is 0 Å². The van der Waals surface area contributed by atoms with Gasteiger partial charge in [0.2, 0.25) is 6.79 Å². The highest BCUT2D eigenvalue weighted by atomic mass is 35.5. The number of carbonyl (C=O) groups excluding carboxylic acids is 2. The molecule has 0 fully saturated rings. The average molecular weight is 257 g/mol. The van der Waals surface area contributed by atoms with Gasteiger partial charge in [-0.05, 0) is 12.8 Å². The number of hydrogen-bond donors (Lipinski definition) is 0. The summed E-state index contributed by atoms with van der Waals surface area (Å²) in [6, 6.07) is 0. The topological polar surface area (TPSA) is 52.6 Å². The molecule has 0 radical (unpaired) electrons. The fourth-order valence-electron chi connectivity index (χ4n) is 0.660. The van der Waals surface area contributed by atoms with Gasteiger partial charge in [-0.15, -0.1) is 23.2 Å². The molecule has 88 valence electrons. The minimum atomic E-state index is -0.707. The predicted molar refractivity (Wildman–Crippen MR) is 56.9 cm³/mol. The number of esters is 2. The first-order chi connectivity index (χ1) is 7.02. The summed E-state index contributed by atoms with van der Waals surface area (Å²) >= 11 is 11.2. The van der Waals surface area contributed by atoms with Crippen molar-refractivity contribution in [3.8, 4) is 0 Å². The van der Waals surface area contributed by atoms with Gasteiger partial charge in [0.15, 0.2) is 0 Å². The molecular formula is C9H14Cl2O4. The van der Waals surface area contributed by atoms with Gasteiger partial charge in [-0.3, -0.25) is 9.59 Å². The normalized spacial score (nSPS) is 14.1. The van der Waals surface area contributed by atoms with Gasteiger partial charge in [0.05, 0.1) is 0 Å². The molecule has 0 saturated carbocycles. The lowest BCUT2D eigenvalue weighted by Crippen LogP contribution is -2.23. The quantitative estimate of drug-likeness (QED) is 0.415. The van der Waals surface area contributed by atoms with E-state index in [-0.39, 0.29) is 0 Å². The first-order valence-corrected chi connectivity index (χ1v) is 5.51. The van der Waals surface area contributed by atoms with Gasteiger partial charge in [0.25, 0.3) is 0 Å². The zero-order valence-corrected chi connectivity index (χ0v) is 10.2. The lowest BCUT2D eigenvalue weighted by atomic mass is 10.3. The standard InChI is InChI=1S/C9H14Cl2O4/c1-3-6(10)8(12)14-5-15-9(13)7(11)4-2/h6-7H,3-5H2,1-2H3. The van der Waals surface area contributed by atoms with Crippen molar-refractivity contribution in [1.29, 1.82) is 0 Å². The monoisotopic (exact) mass is 256 g/mol. The van der Waals surface area contributed by atoms with Gasteiger partial charge in [-0.25, -0.2) is 0 Å². The maximum Gasteiger partial charge on any atom is 0.326 e. The lowest BCUT2D eigenvalue weighted by Gasteiger charge is -2.09. The molecule has 0 aliphatic rings. The van der Waals surface area contributed by atoms with Crippen LogP contribution in [0.25, 0.3) is 0 Å². The Balaban J connectivity index is 3.70. The van der Waals surface area contributed by atoms with E-state index in [1.807, 2.05) is 0 Å². The Kier molecular flexibility index (Phi) is 7.52. The van der Waals surface area contributed by atoms with Crippen LogP contribution in [0, 0.1) is 0 Å². The molecule has 0 saturated heterocycles. The summed E-state index contributed by atoms with van der Waals surface area (Å²) in [6.45, 7) is 3.05. The maximum absolute atomic E-state index is 11.0. The highest BCUT2D eigenvalue weighted by molar-refractivity contribution is 6.30. The van der Waals surface area contributed by atoms with Gasteiger partial charge in [-0.1, -0.05) is 13.8 Å². The summed E-state index contributed by atoms with van der Waals surface area (Å²) in [5.74, 6) is -1.20. The minimum Gasteiger partial charge on any atom is -0.427 e. The minimum absolute atomic E-state index is 0.440. The molecule has 0 amide bonds. The van der Waals surface area contributed by atoms with Crippen molar-refractivity contribution < 1.29 is 19.1 Å². The SMILES string of the molecule is CCC(Cl)C(=O)OCOC(=O)C(Cl)CC. The largest absolute Gasteiger partial charge is 0.427 e. The maximum atomic E-state index is 11.0. The van der Waals surface area contributed by atoms with Gasteiger partial charge in [0, 0.05) is 0 Å². The van der Waals surface area contributed by atoms with E-state index in [0.29, 0.717) is 12.8 Å². The van der Waals surface area contributed by atoms with Gasteiger partial charge >= 0.3 is 11.9 Å². The number of alkyl halides is 2. The molecule has 15 heavy (non-hydrogen) atoms. The van der Waals surface area contributed by atoms with Crippen LogP contribution in [0.15, 0.2) is 0 Å².